The molecule has 1 aliphatic carbocycles. The Kier molecular flexibility index (Phi) is 4.47. The van der Waals surface area contributed by atoms with Crippen LogP contribution in [0, 0.1) is 17.6 Å². The number of hydrogen-bond donors (Lipinski definition) is 2. The van der Waals surface area contributed by atoms with Crippen LogP contribution in [0.4, 0.5) is 8.78 Å². The lowest BCUT2D eigenvalue weighted by Crippen LogP contribution is -2.33. The Balaban J connectivity index is 1.75. The fraction of sp³-hybridized carbons (Fsp3) is 0.500. The molecule has 0 bridgehead atoms. The van der Waals surface area contributed by atoms with Crippen molar-refractivity contribution in [2.24, 2.45) is 5.92 Å². The molecule has 1 fully saturated rings. The fourth-order valence-electron chi connectivity index (χ4n) is 1.93. The summed E-state index contributed by atoms with van der Waals surface area (Å²) in [6, 6.07) is 3.84. The Bertz CT molecular complexity index is 461. The van der Waals surface area contributed by atoms with Gasteiger partial charge < -0.3 is 10.6 Å². The molecular weight excluding hydrogens is 250 g/mol. The van der Waals surface area contributed by atoms with E-state index >= 15 is 0 Å². The Morgan fingerprint density at radius 1 is 1.37 bits per heavy atom. The van der Waals surface area contributed by atoms with E-state index in [-0.39, 0.29) is 17.9 Å². The summed E-state index contributed by atoms with van der Waals surface area (Å²) in [6.45, 7) is 2.78. The zero-order valence-corrected chi connectivity index (χ0v) is 10.9. The van der Waals surface area contributed by atoms with Gasteiger partial charge in [-0.25, -0.2) is 8.78 Å². The molecule has 1 aromatic carbocycles. The van der Waals surface area contributed by atoms with Gasteiger partial charge in [-0.1, -0.05) is 12.1 Å². The van der Waals surface area contributed by atoms with Gasteiger partial charge in [0.25, 0.3) is 0 Å². The standard InChI is InChI=1S/C14H18F2N2O/c1-9(11-3-2-4-12(15)13(11)16)17-7-8-18-14(19)10-5-6-10/h2-4,9-10,17H,5-8H2,1H3,(H,18,19). The monoisotopic (exact) mass is 268 g/mol. The van der Waals surface area contributed by atoms with Gasteiger partial charge in [0.1, 0.15) is 0 Å². The Morgan fingerprint density at radius 3 is 2.79 bits per heavy atom. The maximum Gasteiger partial charge on any atom is 0.223 e. The highest BCUT2D eigenvalue weighted by atomic mass is 19.2. The number of nitrogens with one attached hydrogen (secondary N) is 2. The molecule has 1 aliphatic rings. The Hall–Kier alpha value is -1.49. The van der Waals surface area contributed by atoms with E-state index < -0.39 is 11.6 Å². The smallest absolute Gasteiger partial charge is 0.223 e. The summed E-state index contributed by atoms with van der Waals surface area (Å²) < 4.78 is 26.6. The number of halogens is 2. The first-order chi connectivity index (χ1) is 9.09. The van der Waals surface area contributed by atoms with E-state index in [2.05, 4.69) is 10.6 Å². The zero-order chi connectivity index (χ0) is 13.8. The van der Waals surface area contributed by atoms with Crippen LogP contribution in [0.15, 0.2) is 18.2 Å². The molecule has 1 atom stereocenters. The van der Waals surface area contributed by atoms with Crippen LogP contribution in [0.3, 0.4) is 0 Å². The van der Waals surface area contributed by atoms with Gasteiger partial charge in [-0.05, 0) is 25.8 Å². The molecule has 0 radical (unpaired) electrons. The molecule has 1 aromatic rings. The number of carbonyl (C=O) groups excluding carboxylic acids is 1. The van der Waals surface area contributed by atoms with Crippen molar-refractivity contribution in [2.75, 3.05) is 13.1 Å². The van der Waals surface area contributed by atoms with Crippen molar-refractivity contribution in [3.63, 3.8) is 0 Å². The Morgan fingerprint density at radius 2 is 2.11 bits per heavy atom. The number of carbonyl (C=O) groups is 1. The van der Waals surface area contributed by atoms with Gasteiger partial charge in [-0.15, -0.1) is 0 Å². The molecule has 0 heterocycles. The van der Waals surface area contributed by atoms with Gasteiger partial charge in [-0.3, -0.25) is 4.79 Å². The van der Waals surface area contributed by atoms with E-state index in [1.54, 1.807) is 13.0 Å². The van der Waals surface area contributed by atoms with E-state index in [0.717, 1.165) is 18.9 Å². The summed E-state index contributed by atoms with van der Waals surface area (Å²) in [5.74, 6) is -1.37. The van der Waals surface area contributed by atoms with E-state index in [0.29, 0.717) is 18.7 Å². The molecular formula is C14H18F2N2O. The van der Waals surface area contributed by atoms with E-state index in [1.165, 1.54) is 6.07 Å². The molecule has 19 heavy (non-hydrogen) atoms. The van der Waals surface area contributed by atoms with Crippen molar-refractivity contribution < 1.29 is 13.6 Å². The van der Waals surface area contributed by atoms with Gasteiger partial charge in [-0.2, -0.15) is 0 Å². The lowest BCUT2D eigenvalue weighted by Gasteiger charge is -2.15. The first-order valence-corrected chi connectivity index (χ1v) is 6.54. The van der Waals surface area contributed by atoms with E-state index in [1.807, 2.05) is 0 Å². The zero-order valence-electron chi connectivity index (χ0n) is 10.9. The number of rotatable bonds is 6. The highest BCUT2D eigenvalue weighted by molar-refractivity contribution is 5.80. The van der Waals surface area contributed by atoms with Crippen molar-refractivity contribution in [3.8, 4) is 0 Å². The first kappa shape index (κ1) is 13.9. The molecule has 5 heteroatoms. The van der Waals surface area contributed by atoms with Crippen LogP contribution >= 0.6 is 0 Å². The largest absolute Gasteiger partial charge is 0.355 e. The number of amides is 1. The highest BCUT2D eigenvalue weighted by Gasteiger charge is 2.29. The molecule has 0 spiro atoms. The normalized spacial score (nSPS) is 16.2. The summed E-state index contributed by atoms with van der Waals surface area (Å²) in [5, 5.41) is 5.87. The van der Waals surface area contributed by atoms with Crippen LogP contribution in [0.2, 0.25) is 0 Å². The van der Waals surface area contributed by atoms with Crippen LogP contribution < -0.4 is 10.6 Å². The third-order valence-electron chi connectivity index (χ3n) is 3.27. The summed E-state index contributed by atoms with van der Waals surface area (Å²) >= 11 is 0. The van der Waals surface area contributed by atoms with Gasteiger partial charge in [0.2, 0.25) is 5.91 Å². The Labute approximate surface area is 111 Å². The van der Waals surface area contributed by atoms with E-state index in [4.69, 9.17) is 0 Å². The molecule has 104 valence electrons. The molecule has 1 unspecified atom stereocenters. The highest BCUT2D eigenvalue weighted by Crippen LogP contribution is 2.28. The summed E-state index contributed by atoms with van der Waals surface area (Å²) in [6.07, 6.45) is 1.95. The summed E-state index contributed by atoms with van der Waals surface area (Å²) in [5.41, 5.74) is 0.300. The van der Waals surface area contributed by atoms with Gasteiger partial charge in [0, 0.05) is 30.6 Å². The van der Waals surface area contributed by atoms with Crippen molar-refractivity contribution in [1.29, 1.82) is 0 Å². The second kappa shape index (κ2) is 6.10. The topological polar surface area (TPSA) is 41.1 Å². The van der Waals surface area contributed by atoms with Crippen LogP contribution in [0.25, 0.3) is 0 Å². The summed E-state index contributed by atoms with van der Waals surface area (Å²) in [7, 11) is 0. The van der Waals surface area contributed by atoms with Crippen molar-refractivity contribution in [1.82, 2.24) is 10.6 Å². The second-order valence-corrected chi connectivity index (χ2v) is 4.88. The minimum atomic E-state index is -0.840. The van der Waals surface area contributed by atoms with Crippen LogP contribution in [-0.2, 0) is 4.79 Å². The third kappa shape index (κ3) is 3.73. The first-order valence-electron chi connectivity index (χ1n) is 6.54. The fourth-order valence-corrected chi connectivity index (χ4v) is 1.93. The maximum atomic E-state index is 13.5. The maximum absolute atomic E-state index is 13.5. The molecule has 1 saturated carbocycles. The minimum absolute atomic E-state index is 0.0892. The minimum Gasteiger partial charge on any atom is -0.355 e. The predicted octanol–water partition coefficient (Wildman–Crippen LogP) is 2.14. The third-order valence-corrected chi connectivity index (χ3v) is 3.27. The van der Waals surface area contributed by atoms with Gasteiger partial charge >= 0.3 is 0 Å². The summed E-state index contributed by atoms with van der Waals surface area (Å²) in [4.78, 5) is 11.4. The average molecular weight is 268 g/mol. The number of hydrogen-bond acceptors (Lipinski definition) is 2. The van der Waals surface area contributed by atoms with E-state index in [9.17, 15) is 13.6 Å². The van der Waals surface area contributed by atoms with Gasteiger partial charge in [0.15, 0.2) is 11.6 Å². The average Bonchev–Trinajstić information content (AvgIpc) is 3.21. The quantitative estimate of drug-likeness (QED) is 0.776. The van der Waals surface area contributed by atoms with Crippen LogP contribution in [-0.4, -0.2) is 19.0 Å². The van der Waals surface area contributed by atoms with Crippen molar-refractivity contribution >= 4 is 5.91 Å². The second-order valence-electron chi connectivity index (χ2n) is 4.88. The van der Waals surface area contributed by atoms with Crippen molar-refractivity contribution in [2.45, 2.75) is 25.8 Å². The van der Waals surface area contributed by atoms with Crippen molar-refractivity contribution in [3.05, 3.63) is 35.4 Å². The predicted molar refractivity (Wildman–Crippen MR) is 68.5 cm³/mol. The van der Waals surface area contributed by atoms with Gasteiger partial charge in [0.05, 0.1) is 0 Å². The lowest BCUT2D eigenvalue weighted by molar-refractivity contribution is -0.122. The molecule has 2 N–H and O–H groups in total. The SMILES string of the molecule is CC(NCCNC(=O)C1CC1)c1cccc(F)c1F. The lowest BCUT2D eigenvalue weighted by atomic mass is 10.1. The molecule has 1 amide bonds. The molecule has 0 aromatic heterocycles. The van der Waals surface area contributed by atoms with Crippen LogP contribution in [0.5, 0.6) is 0 Å². The molecule has 3 nitrogen and oxygen atoms in total. The molecule has 2 rings (SSSR count). The number of benzene rings is 1. The molecule has 0 aliphatic heterocycles. The van der Waals surface area contributed by atoms with Crippen LogP contribution in [0.1, 0.15) is 31.4 Å². The molecule has 0 saturated heterocycles.